The van der Waals surface area contributed by atoms with Crippen LogP contribution in [0.25, 0.3) is 11.6 Å². The second-order valence-corrected chi connectivity index (χ2v) is 5.66. The van der Waals surface area contributed by atoms with E-state index in [1.807, 2.05) is 0 Å². The lowest BCUT2D eigenvalue weighted by Gasteiger charge is -2.09. The Morgan fingerprint density at radius 3 is 2.48 bits per heavy atom. The summed E-state index contributed by atoms with van der Waals surface area (Å²) in [7, 11) is 2.82. The molecule has 1 heterocycles. The Kier molecular flexibility index (Phi) is 4.33. The number of carbonyl (C=O) groups excluding carboxylic acids is 1. The molecule has 7 nitrogen and oxygen atoms in total. The van der Waals surface area contributed by atoms with Crippen molar-refractivity contribution in [2.45, 2.75) is 0 Å². The molecule has 0 atom stereocenters. The minimum Gasteiger partial charge on any atom is -0.493 e. The molecule has 0 aliphatic carbocycles. The van der Waals surface area contributed by atoms with Crippen LogP contribution in [0.5, 0.6) is 11.5 Å². The van der Waals surface area contributed by atoms with Crippen molar-refractivity contribution in [2.24, 2.45) is 0 Å². The molecule has 0 unspecified atom stereocenters. The summed E-state index contributed by atoms with van der Waals surface area (Å²) >= 11 is 5.93. The number of halogens is 1. The maximum atomic E-state index is 12.3. The van der Waals surface area contributed by atoms with Crippen LogP contribution in [0.4, 0.5) is 11.4 Å². The summed E-state index contributed by atoms with van der Waals surface area (Å²) in [4.78, 5) is 23.1. The molecule has 1 aliphatic rings. The fraction of sp³-hybridized carbons (Fsp3) is 0.118. The van der Waals surface area contributed by atoms with E-state index in [9.17, 15) is 14.9 Å². The number of anilines is 1. The first-order valence-corrected chi connectivity index (χ1v) is 7.55. The lowest BCUT2D eigenvalue weighted by molar-refractivity contribution is -0.385. The number of amides is 1. The predicted molar refractivity (Wildman–Crippen MR) is 94.2 cm³/mol. The van der Waals surface area contributed by atoms with Crippen molar-refractivity contribution in [3.05, 3.63) is 56.6 Å². The summed E-state index contributed by atoms with van der Waals surface area (Å²) in [5.41, 5.74) is 1.53. The SMILES string of the molecule is COc1cc(/C=C2/C(=O)Nc3cc(Cl)ccc32)c([N+](=O)[O-])cc1OC. The average Bonchev–Trinajstić information content (AvgIpc) is 2.88. The van der Waals surface area contributed by atoms with Crippen LogP contribution >= 0.6 is 11.6 Å². The summed E-state index contributed by atoms with van der Waals surface area (Å²) in [6, 6.07) is 7.69. The molecule has 1 aliphatic heterocycles. The molecule has 8 heteroatoms. The van der Waals surface area contributed by atoms with E-state index in [2.05, 4.69) is 5.32 Å². The third-order valence-corrected chi connectivity index (χ3v) is 4.03. The quantitative estimate of drug-likeness (QED) is 0.509. The van der Waals surface area contributed by atoms with Gasteiger partial charge in [0.05, 0.1) is 36.5 Å². The van der Waals surface area contributed by atoms with Crippen LogP contribution < -0.4 is 14.8 Å². The van der Waals surface area contributed by atoms with Gasteiger partial charge in [-0.1, -0.05) is 17.7 Å². The number of hydrogen-bond donors (Lipinski definition) is 1. The molecule has 0 saturated carbocycles. The zero-order valence-corrected chi connectivity index (χ0v) is 14.1. The fourth-order valence-electron chi connectivity index (χ4n) is 2.62. The number of hydrogen-bond acceptors (Lipinski definition) is 5. The standard InChI is InChI=1S/C17H13ClN2O5/c1-24-15-6-9(14(20(22)23)8-16(15)25-2)5-12-11-4-3-10(18)7-13(11)19-17(12)21/h3-8H,1-2H3,(H,19,21)/b12-5+. The molecular formula is C17H13ClN2O5. The molecule has 2 aromatic carbocycles. The van der Waals surface area contributed by atoms with Crippen molar-refractivity contribution < 1.29 is 19.2 Å². The lowest BCUT2D eigenvalue weighted by atomic mass is 10.0. The van der Waals surface area contributed by atoms with Crippen LogP contribution in [0.1, 0.15) is 11.1 Å². The molecule has 0 bridgehead atoms. The highest BCUT2D eigenvalue weighted by Crippen LogP contribution is 2.39. The molecule has 3 rings (SSSR count). The van der Waals surface area contributed by atoms with E-state index in [0.717, 1.165) is 0 Å². The first kappa shape index (κ1) is 16.8. The fourth-order valence-corrected chi connectivity index (χ4v) is 2.80. The van der Waals surface area contributed by atoms with E-state index >= 15 is 0 Å². The zero-order valence-electron chi connectivity index (χ0n) is 13.3. The minimum atomic E-state index is -0.538. The summed E-state index contributed by atoms with van der Waals surface area (Å²) in [6.45, 7) is 0. The predicted octanol–water partition coefficient (Wildman–Crippen LogP) is 3.76. The highest BCUT2D eigenvalue weighted by molar-refractivity contribution is 6.36. The zero-order chi connectivity index (χ0) is 18.1. The number of benzene rings is 2. The van der Waals surface area contributed by atoms with Gasteiger partial charge >= 0.3 is 0 Å². The van der Waals surface area contributed by atoms with Gasteiger partial charge in [0.2, 0.25) is 0 Å². The van der Waals surface area contributed by atoms with Crippen molar-refractivity contribution in [3.63, 3.8) is 0 Å². The van der Waals surface area contributed by atoms with Crippen molar-refractivity contribution in [1.29, 1.82) is 0 Å². The Morgan fingerprint density at radius 2 is 1.84 bits per heavy atom. The van der Waals surface area contributed by atoms with Crippen LogP contribution in [0.2, 0.25) is 5.02 Å². The maximum Gasteiger partial charge on any atom is 0.280 e. The summed E-state index contributed by atoms with van der Waals surface area (Å²) in [5, 5.41) is 14.6. The summed E-state index contributed by atoms with van der Waals surface area (Å²) in [5.74, 6) is 0.204. The molecular weight excluding hydrogens is 348 g/mol. The molecule has 0 aromatic heterocycles. The Labute approximate surface area is 148 Å². The first-order valence-electron chi connectivity index (χ1n) is 7.18. The van der Waals surface area contributed by atoms with Crippen molar-refractivity contribution in [2.75, 3.05) is 19.5 Å². The number of nitrogens with one attached hydrogen (secondary N) is 1. The van der Waals surface area contributed by atoms with Gasteiger partial charge in [-0.3, -0.25) is 14.9 Å². The maximum absolute atomic E-state index is 12.3. The number of nitrogens with zero attached hydrogens (tertiary/aromatic N) is 1. The second-order valence-electron chi connectivity index (χ2n) is 5.23. The molecule has 1 amide bonds. The number of carbonyl (C=O) groups is 1. The van der Waals surface area contributed by atoms with Gasteiger partial charge in [-0.2, -0.15) is 0 Å². The molecule has 0 fully saturated rings. The first-order chi connectivity index (χ1) is 11.9. The molecule has 0 radical (unpaired) electrons. The van der Waals surface area contributed by atoms with Crippen molar-refractivity contribution in [1.82, 2.24) is 0 Å². The molecule has 2 aromatic rings. The van der Waals surface area contributed by atoms with Crippen LogP contribution in [-0.4, -0.2) is 25.1 Å². The summed E-state index contributed by atoms with van der Waals surface area (Å²) < 4.78 is 10.3. The number of ether oxygens (including phenoxy) is 2. The van der Waals surface area contributed by atoms with Gasteiger partial charge in [0.25, 0.3) is 11.6 Å². The number of nitro benzene ring substituents is 1. The minimum absolute atomic E-state index is 0.194. The monoisotopic (exact) mass is 360 g/mol. The number of fused-ring (bicyclic) bond motifs is 1. The van der Waals surface area contributed by atoms with Crippen LogP contribution in [0.3, 0.4) is 0 Å². The van der Waals surface area contributed by atoms with Crippen molar-refractivity contribution >= 4 is 40.5 Å². The van der Waals surface area contributed by atoms with Crippen LogP contribution in [0, 0.1) is 10.1 Å². The third kappa shape index (κ3) is 3.01. The molecule has 0 saturated heterocycles. The Balaban J connectivity index is 2.19. The molecule has 25 heavy (non-hydrogen) atoms. The molecule has 1 N–H and O–H groups in total. The van der Waals surface area contributed by atoms with E-state index < -0.39 is 4.92 Å². The second kappa shape index (κ2) is 6.45. The molecule has 0 spiro atoms. The van der Waals surface area contributed by atoms with Crippen LogP contribution in [-0.2, 0) is 4.79 Å². The Bertz CT molecular complexity index is 923. The van der Waals surface area contributed by atoms with E-state index in [1.165, 1.54) is 32.4 Å². The van der Waals surface area contributed by atoms with Gasteiger partial charge in [-0.25, -0.2) is 0 Å². The Morgan fingerprint density at radius 1 is 1.16 bits per heavy atom. The van der Waals surface area contributed by atoms with Gasteiger partial charge in [0.1, 0.15) is 0 Å². The van der Waals surface area contributed by atoms with Gasteiger partial charge in [0.15, 0.2) is 11.5 Å². The van der Waals surface area contributed by atoms with E-state index in [-0.39, 0.29) is 22.9 Å². The highest BCUT2D eigenvalue weighted by atomic mass is 35.5. The van der Waals surface area contributed by atoms with Gasteiger partial charge in [-0.15, -0.1) is 0 Å². The van der Waals surface area contributed by atoms with Gasteiger partial charge in [-0.05, 0) is 24.3 Å². The number of methoxy groups -OCH3 is 2. The van der Waals surface area contributed by atoms with E-state index in [1.54, 1.807) is 18.2 Å². The summed E-state index contributed by atoms with van der Waals surface area (Å²) in [6.07, 6.45) is 1.45. The lowest BCUT2D eigenvalue weighted by Crippen LogP contribution is -2.04. The number of nitro groups is 1. The smallest absolute Gasteiger partial charge is 0.280 e. The third-order valence-electron chi connectivity index (χ3n) is 3.79. The van der Waals surface area contributed by atoms with E-state index in [4.69, 9.17) is 21.1 Å². The van der Waals surface area contributed by atoms with Gasteiger partial charge in [0, 0.05) is 16.2 Å². The topological polar surface area (TPSA) is 90.7 Å². The van der Waals surface area contributed by atoms with Gasteiger partial charge < -0.3 is 14.8 Å². The van der Waals surface area contributed by atoms with E-state index in [0.29, 0.717) is 27.6 Å². The highest BCUT2D eigenvalue weighted by Gasteiger charge is 2.26. The normalized spacial score (nSPS) is 14.2. The largest absolute Gasteiger partial charge is 0.493 e. The average molecular weight is 361 g/mol. The van der Waals surface area contributed by atoms with Crippen molar-refractivity contribution in [3.8, 4) is 11.5 Å². The Hall–Kier alpha value is -3.06. The van der Waals surface area contributed by atoms with Crippen LogP contribution in [0.15, 0.2) is 30.3 Å². The number of rotatable bonds is 4. The molecule has 128 valence electrons.